The van der Waals surface area contributed by atoms with Gasteiger partial charge in [-0.2, -0.15) is 0 Å². The lowest BCUT2D eigenvalue weighted by Crippen LogP contribution is -2.12. The van der Waals surface area contributed by atoms with Gasteiger partial charge in [-0.05, 0) is 29.8 Å². The van der Waals surface area contributed by atoms with Gasteiger partial charge in [-0.25, -0.2) is 4.98 Å². The van der Waals surface area contributed by atoms with Crippen LogP contribution in [0, 0.1) is 10.1 Å². The molecular weight excluding hydrogens is 308 g/mol. The Bertz CT molecular complexity index is 841. The van der Waals surface area contributed by atoms with Gasteiger partial charge in [-0.1, -0.05) is 12.1 Å². The van der Waals surface area contributed by atoms with Crippen LogP contribution in [-0.4, -0.2) is 20.4 Å². The van der Waals surface area contributed by atoms with Crippen LogP contribution in [0.2, 0.25) is 0 Å². The predicted octanol–water partition coefficient (Wildman–Crippen LogP) is 3.09. The van der Waals surface area contributed by atoms with E-state index < -0.39 is 4.92 Å². The third-order valence-electron chi connectivity index (χ3n) is 3.48. The van der Waals surface area contributed by atoms with E-state index in [9.17, 15) is 14.9 Å². The third-order valence-corrected chi connectivity index (χ3v) is 3.48. The van der Waals surface area contributed by atoms with Crippen molar-refractivity contribution in [1.29, 1.82) is 0 Å². The van der Waals surface area contributed by atoms with Crippen LogP contribution in [0.4, 0.5) is 11.4 Å². The molecule has 0 atom stereocenters. The summed E-state index contributed by atoms with van der Waals surface area (Å²) in [7, 11) is 0. The summed E-state index contributed by atoms with van der Waals surface area (Å²) in [5, 5.41) is 13.3. The summed E-state index contributed by atoms with van der Waals surface area (Å²) < 4.78 is 1.94. The van der Waals surface area contributed by atoms with Gasteiger partial charge in [0.15, 0.2) is 0 Å². The number of anilines is 1. The first-order chi connectivity index (χ1) is 11.6. The average Bonchev–Trinajstić information content (AvgIpc) is 3.09. The Kier molecular flexibility index (Phi) is 4.33. The number of imidazole rings is 1. The van der Waals surface area contributed by atoms with Gasteiger partial charge in [0.25, 0.3) is 11.6 Å². The minimum absolute atomic E-state index is 0.0168. The molecule has 2 aromatic carbocycles. The van der Waals surface area contributed by atoms with E-state index in [4.69, 9.17) is 0 Å². The molecule has 7 nitrogen and oxygen atoms in total. The molecule has 3 rings (SSSR count). The molecule has 0 spiro atoms. The fourth-order valence-electron chi connectivity index (χ4n) is 2.22. The Morgan fingerprint density at radius 3 is 2.42 bits per heavy atom. The van der Waals surface area contributed by atoms with Gasteiger partial charge in [0.05, 0.1) is 11.3 Å². The third kappa shape index (κ3) is 3.64. The lowest BCUT2D eigenvalue weighted by atomic mass is 10.1. The standard InChI is InChI=1S/C17H14N4O3/c22-17(19-15-5-7-16(8-6-15)21(23)24)14-3-1-13(2-4-14)11-20-10-9-18-12-20/h1-10,12H,11H2,(H,19,22). The van der Waals surface area contributed by atoms with Gasteiger partial charge < -0.3 is 9.88 Å². The molecule has 1 N–H and O–H groups in total. The molecule has 1 amide bonds. The normalized spacial score (nSPS) is 10.3. The smallest absolute Gasteiger partial charge is 0.269 e. The number of hydrogen-bond acceptors (Lipinski definition) is 4. The minimum atomic E-state index is -0.482. The first-order valence-corrected chi connectivity index (χ1v) is 7.22. The number of amides is 1. The van der Waals surface area contributed by atoms with Crippen LogP contribution in [0.25, 0.3) is 0 Å². The SMILES string of the molecule is O=C(Nc1ccc([N+](=O)[O-])cc1)c1ccc(Cn2ccnc2)cc1. The van der Waals surface area contributed by atoms with E-state index in [-0.39, 0.29) is 11.6 Å². The van der Waals surface area contributed by atoms with Crippen molar-refractivity contribution in [3.8, 4) is 0 Å². The highest BCUT2D eigenvalue weighted by Gasteiger charge is 2.08. The quantitative estimate of drug-likeness (QED) is 0.577. The van der Waals surface area contributed by atoms with Crippen LogP contribution in [0.5, 0.6) is 0 Å². The van der Waals surface area contributed by atoms with E-state index >= 15 is 0 Å². The van der Waals surface area contributed by atoms with Crippen molar-refractivity contribution in [3.05, 3.63) is 88.5 Å². The van der Waals surface area contributed by atoms with E-state index in [1.54, 1.807) is 24.7 Å². The van der Waals surface area contributed by atoms with Crippen LogP contribution < -0.4 is 5.32 Å². The lowest BCUT2D eigenvalue weighted by molar-refractivity contribution is -0.384. The van der Waals surface area contributed by atoms with Gasteiger partial charge in [0, 0.05) is 42.3 Å². The van der Waals surface area contributed by atoms with Crippen molar-refractivity contribution >= 4 is 17.3 Å². The topological polar surface area (TPSA) is 90.1 Å². The Labute approximate surface area is 137 Å². The van der Waals surface area contributed by atoms with Crippen molar-refractivity contribution in [2.75, 3.05) is 5.32 Å². The average molecular weight is 322 g/mol. The highest BCUT2D eigenvalue weighted by atomic mass is 16.6. The molecule has 0 saturated heterocycles. The zero-order valence-corrected chi connectivity index (χ0v) is 12.6. The van der Waals surface area contributed by atoms with Gasteiger partial charge in [0.2, 0.25) is 0 Å². The number of benzene rings is 2. The fourth-order valence-corrected chi connectivity index (χ4v) is 2.22. The molecule has 0 aliphatic heterocycles. The van der Waals surface area contributed by atoms with Crippen LogP contribution in [0.3, 0.4) is 0 Å². The molecule has 0 fully saturated rings. The summed E-state index contributed by atoms with van der Waals surface area (Å²) in [5.74, 6) is -0.266. The molecule has 0 aliphatic carbocycles. The molecule has 0 saturated carbocycles. The first-order valence-electron chi connectivity index (χ1n) is 7.22. The lowest BCUT2D eigenvalue weighted by Gasteiger charge is -2.07. The number of carbonyl (C=O) groups is 1. The maximum Gasteiger partial charge on any atom is 0.269 e. The van der Waals surface area contributed by atoms with Crippen molar-refractivity contribution in [2.45, 2.75) is 6.54 Å². The predicted molar refractivity (Wildman–Crippen MR) is 88.8 cm³/mol. The highest BCUT2D eigenvalue weighted by molar-refractivity contribution is 6.04. The van der Waals surface area contributed by atoms with E-state index in [1.165, 1.54) is 24.3 Å². The van der Waals surface area contributed by atoms with Crippen LogP contribution >= 0.6 is 0 Å². The number of hydrogen-bond donors (Lipinski definition) is 1. The second kappa shape index (κ2) is 6.74. The van der Waals surface area contributed by atoms with Crippen LogP contribution in [0.15, 0.2) is 67.3 Å². The molecule has 0 aliphatic rings. The van der Waals surface area contributed by atoms with Gasteiger partial charge in [-0.15, -0.1) is 0 Å². The molecule has 0 radical (unpaired) electrons. The molecule has 7 heteroatoms. The molecule has 24 heavy (non-hydrogen) atoms. The monoisotopic (exact) mass is 322 g/mol. The van der Waals surface area contributed by atoms with E-state index in [0.29, 0.717) is 17.8 Å². The number of nitrogens with zero attached hydrogens (tertiary/aromatic N) is 3. The Balaban J connectivity index is 1.65. The molecule has 0 unspecified atom stereocenters. The highest BCUT2D eigenvalue weighted by Crippen LogP contribution is 2.16. The number of nitro groups is 1. The van der Waals surface area contributed by atoms with Crippen molar-refractivity contribution in [1.82, 2.24) is 9.55 Å². The summed E-state index contributed by atoms with van der Waals surface area (Å²) in [6, 6.07) is 13.0. The van der Waals surface area contributed by atoms with Gasteiger partial charge in [0.1, 0.15) is 0 Å². The molecular formula is C17H14N4O3. The van der Waals surface area contributed by atoms with E-state index in [1.807, 2.05) is 22.9 Å². The fraction of sp³-hybridized carbons (Fsp3) is 0.0588. The summed E-state index contributed by atoms with van der Waals surface area (Å²) in [6.45, 7) is 0.685. The molecule has 0 bridgehead atoms. The number of non-ortho nitro benzene ring substituents is 1. The van der Waals surface area contributed by atoms with Gasteiger partial charge in [-0.3, -0.25) is 14.9 Å². The van der Waals surface area contributed by atoms with Crippen molar-refractivity contribution in [2.24, 2.45) is 0 Å². The summed E-state index contributed by atoms with van der Waals surface area (Å²) in [6.07, 6.45) is 5.32. The Hall–Kier alpha value is -3.48. The first kappa shape index (κ1) is 15.4. The number of nitro benzene ring substituents is 1. The molecule has 1 heterocycles. The minimum Gasteiger partial charge on any atom is -0.333 e. The number of nitrogens with one attached hydrogen (secondary N) is 1. The van der Waals surface area contributed by atoms with Crippen molar-refractivity contribution < 1.29 is 9.72 Å². The largest absolute Gasteiger partial charge is 0.333 e. The summed E-state index contributed by atoms with van der Waals surface area (Å²) >= 11 is 0. The molecule has 1 aromatic heterocycles. The number of carbonyl (C=O) groups excluding carboxylic acids is 1. The maximum atomic E-state index is 12.2. The number of rotatable bonds is 5. The van der Waals surface area contributed by atoms with Crippen LogP contribution in [0.1, 0.15) is 15.9 Å². The summed E-state index contributed by atoms with van der Waals surface area (Å²) in [5.41, 5.74) is 2.06. The number of aromatic nitrogens is 2. The Morgan fingerprint density at radius 1 is 1.12 bits per heavy atom. The molecule has 3 aromatic rings. The zero-order chi connectivity index (χ0) is 16.9. The van der Waals surface area contributed by atoms with E-state index in [2.05, 4.69) is 10.3 Å². The van der Waals surface area contributed by atoms with Gasteiger partial charge >= 0.3 is 0 Å². The second-order valence-corrected chi connectivity index (χ2v) is 5.19. The summed E-state index contributed by atoms with van der Waals surface area (Å²) in [4.78, 5) is 26.3. The van der Waals surface area contributed by atoms with Crippen molar-refractivity contribution in [3.63, 3.8) is 0 Å². The zero-order valence-electron chi connectivity index (χ0n) is 12.6. The Morgan fingerprint density at radius 2 is 1.83 bits per heavy atom. The maximum absolute atomic E-state index is 12.2. The second-order valence-electron chi connectivity index (χ2n) is 5.19. The van der Waals surface area contributed by atoms with Crippen LogP contribution in [-0.2, 0) is 6.54 Å². The molecule has 120 valence electrons. The van der Waals surface area contributed by atoms with E-state index in [0.717, 1.165) is 5.56 Å².